The number of aromatic hydroxyl groups is 1. The Morgan fingerprint density at radius 1 is 1.24 bits per heavy atom. The van der Waals surface area contributed by atoms with E-state index >= 15 is 0 Å². The van der Waals surface area contributed by atoms with E-state index in [9.17, 15) is 14.7 Å². The molecule has 0 saturated carbocycles. The summed E-state index contributed by atoms with van der Waals surface area (Å²) >= 11 is 1.36. The topological polar surface area (TPSA) is 117 Å². The number of hydrogen-bond acceptors (Lipinski definition) is 6. The second kappa shape index (κ2) is 7.14. The van der Waals surface area contributed by atoms with Crippen molar-refractivity contribution >= 4 is 28.9 Å². The molecule has 3 rings (SSSR count). The molecular weight excluding hydrogens is 344 g/mol. The summed E-state index contributed by atoms with van der Waals surface area (Å²) < 4.78 is 1.45. The van der Waals surface area contributed by atoms with E-state index < -0.39 is 5.97 Å². The van der Waals surface area contributed by atoms with Crippen molar-refractivity contribution in [3.63, 3.8) is 0 Å². The number of para-hydroxylation sites is 1. The lowest BCUT2D eigenvalue weighted by Gasteiger charge is -2.07. The number of carbonyl (C=O) groups is 2. The van der Waals surface area contributed by atoms with Gasteiger partial charge in [-0.05, 0) is 18.6 Å². The first-order chi connectivity index (χ1) is 12.0. The molecule has 0 saturated heterocycles. The van der Waals surface area contributed by atoms with Crippen LogP contribution in [0.25, 0.3) is 5.13 Å². The predicted octanol–water partition coefficient (Wildman–Crippen LogP) is 2.30. The Morgan fingerprint density at radius 2 is 2.04 bits per heavy atom. The zero-order valence-electron chi connectivity index (χ0n) is 12.9. The number of nitrogens with one attached hydrogen (secondary N) is 1. The minimum Gasteiger partial charge on any atom is -0.505 e. The number of anilines is 1. The van der Waals surface area contributed by atoms with Crippen molar-refractivity contribution in [2.24, 2.45) is 0 Å². The molecule has 25 heavy (non-hydrogen) atoms. The number of aromatic nitrogens is 3. The van der Waals surface area contributed by atoms with Gasteiger partial charge in [0.25, 0.3) is 0 Å². The van der Waals surface area contributed by atoms with Crippen LogP contribution < -0.4 is 5.32 Å². The van der Waals surface area contributed by atoms with Crippen LogP contribution in [0.15, 0.2) is 42.9 Å². The smallest absolute Gasteiger partial charge is 0.337 e. The van der Waals surface area contributed by atoms with Crippen molar-refractivity contribution in [2.75, 3.05) is 5.32 Å². The molecule has 3 aromatic rings. The van der Waals surface area contributed by atoms with E-state index in [-0.39, 0.29) is 29.3 Å². The van der Waals surface area contributed by atoms with Gasteiger partial charge < -0.3 is 15.5 Å². The van der Waals surface area contributed by atoms with Gasteiger partial charge in [0.1, 0.15) is 0 Å². The maximum absolute atomic E-state index is 12.1. The normalized spacial score (nSPS) is 10.6. The molecule has 3 N–H and O–H groups in total. The maximum Gasteiger partial charge on any atom is 0.337 e. The Labute approximate surface area is 146 Å². The van der Waals surface area contributed by atoms with Gasteiger partial charge in [-0.15, -0.1) is 0 Å². The third-order valence-electron chi connectivity index (χ3n) is 3.34. The average Bonchev–Trinajstić information content (AvgIpc) is 3.22. The number of rotatable bonds is 6. The number of carboxylic acids is 1. The van der Waals surface area contributed by atoms with Crippen molar-refractivity contribution in [3.8, 4) is 10.9 Å². The van der Waals surface area contributed by atoms with Crippen molar-refractivity contribution in [2.45, 2.75) is 12.8 Å². The second-order valence-electron chi connectivity index (χ2n) is 5.15. The lowest BCUT2D eigenvalue weighted by Crippen LogP contribution is -2.14. The van der Waals surface area contributed by atoms with E-state index in [1.165, 1.54) is 34.5 Å². The van der Waals surface area contributed by atoms with E-state index in [0.29, 0.717) is 11.6 Å². The standard InChI is InChI=1S/C16H14N4O4S/c21-10-7-18-20(9-10)16-17-8-11(25-16)5-6-14(22)19-13-4-2-1-3-12(13)15(23)24/h1-4,7-9,21H,5-6H2,(H,19,22)(H,23,24). The van der Waals surface area contributed by atoms with Crippen molar-refractivity contribution in [3.05, 3.63) is 53.3 Å². The molecule has 8 nitrogen and oxygen atoms in total. The highest BCUT2D eigenvalue weighted by Gasteiger charge is 2.12. The van der Waals surface area contributed by atoms with Gasteiger partial charge in [-0.3, -0.25) is 4.79 Å². The molecule has 2 aromatic heterocycles. The fraction of sp³-hybridized carbons (Fsp3) is 0.125. The molecule has 0 spiro atoms. The Bertz CT molecular complexity index is 918. The summed E-state index contributed by atoms with van der Waals surface area (Å²) in [6.45, 7) is 0. The molecule has 2 heterocycles. The summed E-state index contributed by atoms with van der Waals surface area (Å²) in [6.07, 6.45) is 5.07. The molecule has 0 aliphatic carbocycles. The van der Waals surface area contributed by atoms with Crippen LogP contribution in [-0.2, 0) is 11.2 Å². The number of amides is 1. The zero-order chi connectivity index (χ0) is 17.8. The van der Waals surface area contributed by atoms with E-state index in [1.54, 1.807) is 24.4 Å². The van der Waals surface area contributed by atoms with Crippen LogP contribution in [0.2, 0.25) is 0 Å². The van der Waals surface area contributed by atoms with E-state index in [0.717, 1.165) is 4.88 Å². The first-order valence-electron chi connectivity index (χ1n) is 7.34. The van der Waals surface area contributed by atoms with Gasteiger partial charge in [0.15, 0.2) is 5.75 Å². The van der Waals surface area contributed by atoms with Crippen molar-refractivity contribution in [1.82, 2.24) is 14.8 Å². The van der Waals surface area contributed by atoms with Crippen LogP contribution in [0.1, 0.15) is 21.7 Å². The second-order valence-corrected chi connectivity index (χ2v) is 6.24. The van der Waals surface area contributed by atoms with Crippen molar-refractivity contribution < 1.29 is 19.8 Å². The highest BCUT2D eigenvalue weighted by atomic mass is 32.1. The summed E-state index contributed by atoms with van der Waals surface area (Å²) in [4.78, 5) is 28.3. The first-order valence-corrected chi connectivity index (χ1v) is 8.15. The number of benzene rings is 1. The molecule has 0 aliphatic rings. The maximum atomic E-state index is 12.1. The molecule has 9 heteroatoms. The number of nitrogens with zero attached hydrogens (tertiary/aromatic N) is 3. The third kappa shape index (κ3) is 4.01. The van der Waals surface area contributed by atoms with Gasteiger partial charge in [-0.25, -0.2) is 14.5 Å². The molecule has 0 bridgehead atoms. The molecule has 0 atom stereocenters. The van der Waals surface area contributed by atoms with Crippen LogP contribution in [-0.4, -0.2) is 36.9 Å². The Balaban J connectivity index is 1.60. The quantitative estimate of drug-likeness (QED) is 0.622. The zero-order valence-corrected chi connectivity index (χ0v) is 13.7. The summed E-state index contributed by atoms with van der Waals surface area (Å²) in [6, 6.07) is 6.26. The van der Waals surface area contributed by atoms with Gasteiger partial charge in [0.2, 0.25) is 11.0 Å². The Morgan fingerprint density at radius 3 is 2.76 bits per heavy atom. The lowest BCUT2D eigenvalue weighted by molar-refractivity contribution is -0.116. The van der Waals surface area contributed by atoms with E-state index in [4.69, 9.17) is 5.11 Å². The van der Waals surface area contributed by atoms with Gasteiger partial charge in [0.05, 0.1) is 23.6 Å². The van der Waals surface area contributed by atoms with Crippen molar-refractivity contribution in [1.29, 1.82) is 0 Å². The number of carboxylic acid groups (broad SMARTS) is 1. The number of aryl methyl sites for hydroxylation is 1. The van der Waals surface area contributed by atoms with Crippen LogP contribution in [0.3, 0.4) is 0 Å². The molecule has 0 aliphatic heterocycles. The van der Waals surface area contributed by atoms with Crippen LogP contribution in [0.5, 0.6) is 5.75 Å². The summed E-state index contributed by atoms with van der Waals surface area (Å²) in [5.41, 5.74) is 0.325. The Kier molecular flexibility index (Phi) is 4.75. The highest BCUT2D eigenvalue weighted by molar-refractivity contribution is 7.14. The highest BCUT2D eigenvalue weighted by Crippen LogP contribution is 2.20. The predicted molar refractivity (Wildman–Crippen MR) is 91.3 cm³/mol. The van der Waals surface area contributed by atoms with Crippen LogP contribution in [0.4, 0.5) is 5.69 Å². The Hall–Kier alpha value is -3.20. The van der Waals surface area contributed by atoms with Gasteiger partial charge in [-0.2, -0.15) is 5.10 Å². The number of thiazole rings is 1. The molecule has 128 valence electrons. The average molecular weight is 358 g/mol. The molecule has 1 amide bonds. The summed E-state index contributed by atoms with van der Waals surface area (Å²) in [7, 11) is 0. The fourth-order valence-corrected chi connectivity index (χ4v) is 3.01. The summed E-state index contributed by atoms with van der Waals surface area (Å²) in [5.74, 6) is -1.32. The molecule has 0 unspecified atom stereocenters. The van der Waals surface area contributed by atoms with E-state index in [2.05, 4.69) is 15.4 Å². The number of carbonyl (C=O) groups excluding carboxylic acids is 1. The van der Waals surface area contributed by atoms with Crippen LogP contribution >= 0.6 is 11.3 Å². The monoisotopic (exact) mass is 358 g/mol. The fourth-order valence-electron chi connectivity index (χ4n) is 2.16. The molecule has 1 aromatic carbocycles. The lowest BCUT2D eigenvalue weighted by atomic mass is 10.1. The molecule has 0 fully saturated rings. The minimum absolute atomic E-state index is 0.0493. The minimum atomic E-state index is -1.09. The van der Waals surface area contributed by atoms with E-state index in [1.807, 2.05) is 0 Å². The van der Waals surface area contributed by atoms with Gasteiger partial charge in [-0.1, -0.05) is 23.5 Å². The number of aromatic carboxylic acids is 1. The van der Waals surface area contributed by atoms with Gasteiger partial charge >= 0.3 is 5.97 Å². The van der Waals surface area contributed by atoms with Gasteiger partial charge in [0, 0.05) is 17.5 Å². The largest absolute Gasteiger partial charge is 0.505 e. The number of hydrogen-bond donors (Lipinski definition) is 3. The summed E-state index contributed by atoms with van der Waals surface area (Å²) in [5, 5.41) is 25.6. The molecule has 0 radical (unpaired) electrons. The first kappa shape index (κ1) is 16.7. The molecular formula is C16H14N4O4S. The third-order valence-corrected chi connectivity index (χ3v) is 4.38. The van der Waals surface area contributed by atoms with Crippen LogP contribution in [0, 0.1) is 0 Å². The SMILES string of the molecule is O=C(CCc1cnc(-n2cc(O)cn2)s1)Nc1ccccc1C(=O)O.